The van der Waals surface area contributed by atoms with E-state index in [1.165, 1.54) is 18.4 Å². The Labute approximate surface area is 115 Å². The zero-order valence-corrected chi connectivity index (χ0v) is 11.7. The molecule has 0 unspecified atom stereocenters. The van der Waals surface area contributed by atoms with Gasteiger partial charge in [-0.1, -0.05) is 12.1 Å². The van der Waals surface area contributed by atoms with E-state index in [2.05, 4.69) is 4.98 Å². The quantitative estimate of drug-likeness (QED) is 0.806. The summed E-state index contributed by atoms with van der Waals surface area (Å²) in [6.45, 7) is 0. The van der Waals surface area contributed by atoms with E-state index in [9.17, 15) is 4.79 Å². The number of para-hydroxylation sites is 1. The van der Waals surface area contributed by atoms with Gasteiger partial charge in [0.25, 0.3) is 5.91 Å². The van der Waals surface area contributed by atoms with E-state index in [0.717, 1.165) is 21.4 Å². The van der Waals surface area contributed by atoms with E-state index in [1.807, 2.05) is 24.3 Å². The Morgan fingerprint density at radius 2 is 2.05 bits per heavy atom. The lowest BCUT2D eigenvalue weighted by Crippen LogP contribution is -2.25. The highest BCUT2D eigenvalue weighted by atomic mass is 32.1. The van der Waals surface area contributed by atoms with Gasteiger partial charge in [0.1, 0.15) is 16.5 Å². The Morgan fingerprint density at radius 3 is 2.74 bits per heavy atom. The predicted octanol–water partition coefficient (Wildman–Crippen LogP) is 2.45. The Hall–Kier alpha value is -1.92. The van der Waals surface area contributed by atoms with Gasteiger partial charge in [0.2, 0.25) is 0 Å². The molecule has 1 heterocycles. The van der Waals surface area contributed by atoms with Crippen molar-refractivity contribution in [2.45, 2.75) is 0 Å². The van der Waals surface area contributed by atoms with Crippen molar-refractivity contribution in [3.05, 3.63) is 35.3 Å². The van der Waals surface area contributed by atoms with Crippen molar-refractivity contribution in [2.75, 3.05) is 21.3 Å². The number of aromatic nitrogens is 1. The maximum absolute atomic E-state index is 11.9. The van der Waals surface area contributed by atoms with Crippen LogP contribution in [0, 0.1) is 0 Å². The molecule has 6 heteroatoms. The summed E-state index contributed by atoms with van der Waals surface area (Å²) in [6, 6.07) is 7.56. The number of ether oxygens (including phenoxy) is 1. The third kappa shape index (κ3) is 2.74. The number of hydrogen-bond donors (Lipinski definition) is 0. The molecule has 2 aromatic rings. The molecule has 0 saturated heterocycles. The molecular formula is C13H14N2O3S. The molecule has 1 aromatic heterocycles. The predicted molar refractivity (Wildman–Crippen MR) is 73.2 cm³/mol. The lowest BCUT2D eigenvalue weighted by atomic mass is 10.2. The van der Waals surface area contributed by atoms with Crippen LogP contribution in [0.5, 0.6) is 5.75 Å². The maximum atomic E-state index is 11.9. The lowest BCUT2D eigenvalue weighted by Gasteiger charge is -2.11. The van der Waals surface area contributed by atoms with Crippen molar-refractivity contribution in [1.82, 2.24) is 10.0 Å². The molecule has 0 bridgehead atoms. The highest BCUT2D eigenvalue weighted by Gasteiger charge is 2.17. The Balaban J connectivity index is 2.33. The number of thiazole rings is 1. The minimum Gasteiger partial charge on any atom is -0.496 e. The van der Waals surface area contributed by atoms with Crippen LogP contribution in [0.2, 0.25) is 0 Å². The van der Waals surface area contributed by atoms with Crippen LogP contribution in [0.15, 0.2) is 29.6 Å². The summed E-state index contributed by atoms with van der Waals surface area (Å²) in [4.78, 5) is 21.1. The van der Waals surface area contributed by atoms with Gasteiger partial charge in [-0.05, 0) is 12.1 Å². The van der Waals surface area contributed by atoms with Crippen molar-refractivity contribution in [3.63, 3.8) is 0 Å². The molecule has 0 spiro atoms. The zero-order chi connectivity index (χ0) is 13.8. The molecule has 1 aromatic carbocycles. The van der Waals surface area contributed by atoms with Crippen molar-refractivity contribution in [1.29, 1.82) is 0 Å². The van der Waals surface area contributed by atoms with E-state index >= 15 is 0 Å². The highest BCUT2D eigenvalue weighted by molar-refractivity contribution is 7.13. The first kappa shape index (κ1) is 13.5. The first-order valence-electron chi connectivity index (χ1n) is 5.58. The number of amides is 1. The molecule has 0 radical (unpaired) electrons. The van der Waals surface area contributed by atoms with E-state index in [0.29, 0.717) is 5.69 Å². The third-order valence-corrected chi connectivity index (χ3v) is 3.50. The first-order chi connectivity index (χ1) is 9.17. The van der Waals surface area contributed by atoms with Gasteiger partial charge in [-0.15, -0.1) is 11.3 Å². The van der Waals surface area contributed by atoms with Gasteiger partial charge in [-0.25, -0.2) is 10.0 Å². The van der Waals surface area contributed by atoms with Crippen molar-refractivity contribution >= 4 is 17.2 Å². The Morgan fingerprint density at radius 1 is 1.32 bits per heavy atom. The van der Waals surface area contributed by atoms with E-state index in [1.54, 1.807) is 19.5 Å². The molecule has 19 heavy (non-hydrogen) atoms. The number of nitrogens with zero attached hydrogens (tertiary/aromatic N) is 2. The zero-order valence-electron chi connectivity index (χ0n) is 10.9. The summed E-state index contributed by atoms with van der Waals surface area (Å²) >= 11 is 1.39. The van der Waals surface area contributed by atoms with E-state index < -0.39 is 0 Å². The molecule has 0 atom stereocenters. The molecule has 2 rings (SSSR count). The topological polar surface area (TPSA) is 51.7 Å². The van der Waals surface area contributed by atoms with Gasteiger partial charge in [0.15, 0.2) is 0 Å². The monoisotopic (exact) mass is 278 g/mol. The van der Waals surface area contributed by atoms with Crippen LogP contribution in [0.3, 0.4) is 0 Å². The molecule has 5 nitrogen and oxygen atoms in total. The van der Waals surface area contributed by atoms with Crippen LogP contribution in [0.4, 0.5) is 0 Å². The number of carbonyl (C=O) groups excluding carboxylic acids is 1. The average molecular weight is 278 g/mol. The molecule has 0 saturated carbocycles. The van der Waals surface area contributed by atoms with Crippen LogP contribution >= 0.6 is 11.3 Å². The van der Waals surface area contributed by atoms with Crippen LogP contribution in [0.1, 0.15) is 10.5 Å². The molecule has 0 aliphatic rings. The van der Waals surface area contributed by atoms with Gasteiger partial charge < -0.3 is 4.74 Å². The standard InChI is InChI=1S/C13H14N2O3S/c1-15(18-3)13(16)10-8-19-12(14-10)9-6-4-5-7-11(9)17-2/h4-8H,1-3H3. The minimum atomic E-state index is -0.278. The molecule has 1 amide bonds. The van der Waals surface area contributed by atoms with Gasteiger partial charge in [0.05, 0.1) is 19.8 Å². The average Bonchev–Trinajstić information content (AvgIpc) is 2.95. The molecule has 0 fully saturated rings. The molecular weight excluding hydrogens is 264 g/mol. The van der Waals surface area contributed by atoms with Crippen molar-refractivity contribution in [3.8, 4) is 16.3 Å². The molecule has 0 N–H and O–H groups in total. The minimum absolute atomic E-state index is 0.278. The Bertz CT molecular complexity index is 583. The summed E-state index contributed by atoms with van der Waals surface area (Å²) in [6.07, 6.45) is 0. The molecule has 0 aliphatic heterocycles. The summed E-state index contributed by atoms with van der Waals surface area (Å²) < 4.78 is 5.28. The van der Waals surface area contributed by atoms with E-state index in [-0.39, 0.29) is 5.91 Å². The fourth-order valence-corrected chi connectivity index (χ4v) is 2.38. The van der Waals surface area contributed by atoms with Crippen LogP contribution in [-0.4, -0.2) is 37.2 Å². The first-order valence-corrected chi connectivity index (χ1v) is 6.46. The second-order valence-corrected chi connectivity index (χ2v) is 4.58. The molecule has 100 valence electrons. The van der Waals surface area contributed by atoms with Crippen molar-refractivity contribution in [2.24, 2.45) is 0 Å². The van der Waals surface area contributed by atoms with E-state index in [4.69, 9.17) is 9.57 Å². The SMILES string of the molecule is COc1ccccc1-c1nc(C(=O)N(C)OC)cs1. The van der Waals surface area contributed by atoms with Gasteiger partial charge in [-0.3, -0.25) is 9.63 Å². The smallest absolute Gasteiger partial charge is 0.296 e. The Kier molecular flexibility index (Phi) is 4.13. The fourth-order valence-electron chi connectivity index (χ4n) is 1.56. The second kappa shape index (κ2) is 5.81. The summed E-state index contributed by atoms with van der Waals surface area (Å²) in [5.41, 5.74) is 1.23. The van der Waals surface area contributed by atoms with Crippen molar-refractivity contribution < 1.29 is 14.4 Å². The highest BCUT2D eigenvalue weighted by Crippen LogP contribution is 2.31. The number of hydroxylamine groups is 2. The largest absolute Gasteiger partial charge is 0.496 e. The van der Waals surface area contributed by atoms with Gasteiger partial charge >= 0.3 is 0 Å². The fraction of sp³-hybridized carbons (Fsp3) is 0.231. The lowest BCUT2D eigenvalue weighted by molar-refractivity contribution is -0.0760. The summed E-state index contributed by atoms with van der Waals surface area (Å²) in [7, 11) is 4.59. The number of hydrogen-bond acceptors (Lipinski definition) is 5. The van der Waals surface area contributed by atoms with Gasteiger partial charge in [-0.2, -0.15) is 0 Å². The number of methoxy groups -OCH3 is 1. The maximum Gasteiger partial charge on any atom is 0.296 e. The number of carbonyl (C=O) groups is 1. The summed E-state index contributed by atoms with van der Waals surface area (Å²) in [5, 5.41) is 3.59. The molecule has 0 aliphatic carbocycles. The number of benzene rings is 1. The summed E-state index contributed by atoms with van der Waals surface area (Å²) in [5.74, 6) is 0.454. The van der Waals surface area contributed by atoms with Crippen LogP contribution in [0.25, 0.3) is 10.6 Å². The van der Waals surface area contributed by atoms with Gasteiger partial charge in [0, 0.05) is 12.4 Å². The third-order valence-electron chi connectivity index (χ3n) is 2.62. The van der Waals surface area contributed by atoms with Crippen LogP contribution in [-0.2, 0) is 4.84 Å². The van der Waals surface area contributed by atoms with Crippen LogP contribution < -0.4 is 4.74 Å². The normalized spacial score (nSPS) is 10.3. The second-order valence-electron chi connectivity index (χ2n) is 3.72. The number of rotatable bonds is 4.